The van der Waals surface area contributed by atoms with Gasteiger partial charge in [0.1, 0.15) is 11.1 Å². The minimum atomic E-state index is -1.17. The van der Waals surface area contributed by atoms with Crippen LogP contribution in [-0.4, -0.2) is 105 Å². The van der Waals surface area contributed by atoms with Gasteiger partial charge in [-0.25, -0.2) is 9.59 Å². The summed E-state index contributed by atoms with van der Waals surface area (Å²) in [5.41, 5.74) is 1.14. The van der Waals surface area contributed by atoms with Gasteiger partial charge in [0.15, 0.2) is 23.0 Å². The number of methoxy groups -OCH3 is 6. The maximum absolute atomic E-state index is 13.9. The molecule has 14 nitrogen and oxygen atoms in total. The fraction of sp³-hybridized carbons (Fsp3) is 0.417. The van der Waals surface area contributed by atoms with Crippen molar-refractivity contribution in [2.24, 2.45) is 0 Å². The van der Waals surface area contributed by atoms with Crippen LogP contribution in [-0.2, 0) is 52.8 Å². The summed E-state index contributed by atoms with van der Waals surface area (Å²) in [6, 6.07) is 26.4. The molecule has 0 bridgehead atoms. The summed E-state index contributed by atoms with van der Waals surface area (Å²) in [5, 5.41) is 0. The van der Waals surface area contributed by atoms with Gasteiger partial charge in [0.05, 0.1) is 55.9 Å². The molecule has 0 N–H and O–H groups in total. The Kier molecular flexibility index (Phi) is 18.0. The molecule has 62 heavy (non-hydrogen) atoms. The Hall–Kier alpha value is -5.80. The van der Waals surface area contributed by atoms with Crippen LogP contribution in [0, 0.1) is 0 Å². The van der Waals surface area contributed by atoms with E-state index in [0.717, 1.165) is 23.3 Å². The number of likely N-dealkylation sites (N-methyl/N-ethyl adjacent to an activating group) is 2. The second-order valence-corrected chi connectivity index (χ2v) is 14.6. The van der Waals surface area contributed by atoms with Crippen LogP contribution in [0.1, 0.15) is 48.9 Å². The molecule has 0 amide bonds. The Balaban J connectivity index is 1.69. The number of nitrogens with zero attached hydrogens (tertiary/aromatic N) is 2. The lowest BCUT2D eigenvalue weighted by molar-refractivity contribution is -0.219. The van der Waals surface area contributed by atoms with E-state index in [2.05, 4.69) is 0 Å². The molecule has 4 rings (SSSR count). The molecule has 4 aromatic rings. The average molecular weight is 859 g/mol. The van der Waals surface area contributed by atoms with Crippen molar-refractivity contribution in [2.75, 3.05) is 70.8 Å². The van der Waals surface area contributed by atoms with Gasteiger partial charge in [-0.1, -0.05) is 74.5 Å². The van der Waals surface area contributed by atoms with E-state index in [1.54, 1.807) is 24.3 Å². The molecule has 4 unspecified atom stereocenters. The second-order valence-electron chi connectivity index (χ2n) is 14.6. The topological polar surface area (TPSA) is 133 Å². The largest absolute Gasteiger partial charge is 0.493 e. The minimum Gasteiger partial charge on any atom is -0.493 e. The highest BCUT2D eigenvalue weighted by atomic mass is 16.7. The third-order valence-corrected chi connectivity index (χ3v) is 11.1. The van der Waals surface area contributed by atoms with E-state index in [-0.39, 0.29) is 13.2 Å². The summed E-state index contributed by atoms with van der Waals surface area (Å²) in [5.74, 6) is 0.959. The highest BCUT2D eigenvalue weighted by Crippen LogP contribution is 2.42. The maximum Gasteiger partial charge on any atom is 0.333 e. The van der Waals surface area contributed by atoms with Crippen LogP contribution in [0.2, 0.25) is 0 Å². The molecule has 4 atom stereocenters. The number of esters is 2. The molecule has 0 aliphatic heterocycles. The van der Waals surface area contributed by atoms with Gasteiger partial charge in [-0.2, -0.15) is 0 Å². The van der Waals surface area contributed by atoms with Crippen molar-refractivity contribution in [3.63, 3.8) is 0 Å². The third kappa shape index (κ3) is 10.8. The van der Waals surface area contributed by atoms with E-state index in [0.29, 0.717) is 58.5 Å². The Labute approximate surface area is 366 Å². The van der Waals surface area contributed by atoms with E-state index < -0.39 is 35.6 Å². The van der Waals surface area contributed by atoms with Crippen LogP contribution in [0.4, 0.5) is 0 Å². The summed E-state index contributed by atoms with van der Waals surface area (Å²) in [6.07, 6.45) is 0.675. The van der Waals surface area contributed by atoms with Crippen molar-refractivity contribution in [3.05, 3.63) is 119 Å². The molecule has 4 aromatic carbocycles. The van der Waals surface area contributed by atoms with Gasteiger partial charge >= 0.3 is 11.9 Å². The summed E-state index contributed by atoms with van der Waals surface area (Å²) < 4.78 is 58.7. The molecular weight excluding hydrogens is 797 g/mol. The summed E-state index contributed by atoms with van der Waals surface area (Å²) in [6.45, 7) is 3.97. The second kappa shape index (κ2) is 22.9. The van der Waals surface area contributed by atoms with Crippen LogP contribution in [0.3, 0.4) is 0 Å². The number of carbonyl (C=O) groups excluding carboxylic acids is 2. The zero-order valence-corrected chi connectivity index (χ0v) is 38.0. The normalized spacial score (nSPS) is 14.4. The van der Waals surface area contributed by atoms with E-state index in [1.807, 2.05) is 113 Å². The number of hydrogen-bond donors (Lipinski definition) is 0. The summed E-state index contributed by atoms with van der Waals surface area (Å²) in [4.78, 5) is 31.7. The van der Waals surface area contributed by atoms with Gasteiger partial charge in [0.25, 0.3) is 0 Å². The summed E-state index contributed by atoms with van der Waals surface area (Å²) >= 11 is 0. The van der Waals surface area contributed by atoms with Gasteiger partial charge in [0, 0.05) is 12.2 Å². The van der Waals surface area contributed by atoms with Crippen molar-refractivity contribution in [1.82, 2.24) is 9.80 Å². The molecule has 0 radical (unpaired) electrons. The lowest BCUT2D eigenvalue weighted by Gasteiger charge is -2.44. The quantitative estimate of drug-likeness (QED) is 0.0391. The van der Waals surface area contributed by atoms with Crippen LogP contribution >= 0.6 is 0 Å². The Bertz CT molecular complexity index is 1880. The number of ether oxygens (including phenoxy) is 10. The standard InChI is InChI=1S/C48H62N2O12/c1-13-47(49(3)4,35-21-17-15-18-22-35)45(59-31-33-27-37(53-7)43(57-11)38(28-33)54-8)61-41(51)25-26-42(52)62-46(48(14-2,50(5)6)36-23-19-16-20-24-36)60-32-34-29-39(55-9)44(58-12)40(30-34)56-10/h15-30,45-46H,13-14,31-32H2,1-12H3/b26-25-. The van der Waals surface area contributed by atoms with Crippen molar-refractivity contribution in [3.8, 4) is 34.5 Å². The predicted molar refractivity (Wildman–Crippen MR) is 235 cm³/mol. The summed E-state index contributed by atoms with van der Waals surface area (Å²) in [7, 11) is 16.7. The molecule has 336 valence electrons. The lowest BCUT2D eigenvalue weighted by Crippen LogP contribution is -2.53. The van der Waals surface area contributed by atoms with E-state index >= 15 is 0 Å². The van der Waals surface area contributed by atoms with Crippen molar-refractivity contribution in [2.45, 2.75) is 63.6 Å². The molecule has 0 saturated heterocycles. The Morgan fingerprint density at radius 3 is 1.06 bits per heavy atom. The monoisotopic (exact) mass is 858 g/mol. The van der Waals surface area contributed by atoms with Crippen LogP contribution in [0.15, 0.2) is 97.1 Å². The number of carbonyl (C=O) groups is 2. The fourth-order valence-electron chi connectivity index (χ4n) is 7.78. The van der Waals surface area contributed by atoms with Crippen molar-refractivity contribution >= 4 is 11.9 Å². The fourth-order valence-corrected chi connectivity index (χ4v) is 7.78. The van der Waals surface area contributed by atoms with Crippen LogP contribution in [0.5, 0.6) is 34.5 Å². The molecule has 14 heteroatoms. The average Bonchev–Trinajstić information content (AvgIpc) is 3.29. The van der Waals surface area contributed by atoms with Gasteiger partial charge in [0.2, 0.25) is 24.1 Å². The predicted octanol–water partition coefficient (Wildman–Crippen LogP) is 7.50. The molecular formula is C48H62N2O12. The molecule has 0 aromatic heterocycles. The Morgan fingerprint density at radius 2 is 0.823 bits per heavy atom. The van der Waals surface area contributed by atoms with E-state index in [4.69, 9.17) is 47.4 Å². The molecule has 0 fully saturated rings. The van der Waals surface area contributed by atoms with Gasteiger partial charge < -0.3 is 47.4 Å². The highest BCUT2D eigenvalue weighted by Gasteiger charge is 2.46. The molecule has 0 spiro atoms. The van der Waals surface area contributed by atoms with Crippen molar-refractivity contribution in [1.29, 1.82) is 0 Å². The molecule has 0 aliphatic carbocycles. The van der Waals surface area contributed by atoms with Gasteiger partial charge in [-0.3, -0.25) is 9.80 Å². The minimum absolute atomic E-state index is 0.00305. The van der Waals surface area contributed by atoms with Gasteiger partial charge in [-0.05, 0) is 87.6 Å². The molecule has 0 aliphatic rings. The highest BCUT2D eigenvalue weighted by molar-refractivity contribution is 5.91. The molecule has 0 saturated carbocycles. The smallest absolute Gasteiger partial charge is 0.333 e. The first kappa shape index (κ1) is 48.9. The van der Waals surface area contributed by atoms with Crippen LogP contribution < -0.4 is 28.4 Å². The van der Waals surface area contributed by atoms with E-state index in [9.17, 15) is 9.59 Å². The maximum atomic E-state index is 13.9. The zero-order valence-electron chi connectivity index (χ0n) is 38.0. The first-order valence-electron chi connectivity index (χ1n) is 20.2. The van der Waals surface area contributed by atoms with Gasteiger partial charge in [-0.15, -0.1) is 0 Å². The first-order chi connectivity index (χ1) is 29.8. The number of hydrogen-bond acceptors (Lipinski definition) is 14. The first-order valence-corrected chi connectivity index (χ1v) is 20.2. The van der Waals surface area contributed by atoms with E-state index in [1.165, 1.54) is 42.7 Å². The number of benzene rings is 4. The SMILES string of the molecule is CCC(c1ccccc1)(C(OCc1cc(OC)c(OC)c(OC)c1)OC(=O)/C=C\C(=O)OC(OCc1cc(OC)c(OC)c(OC)c1)C(CC)(c1ccccc1)N(C)C)N(C)C. The zero-order chi connectivity index (χ0) is 45.5. The van der Waals surface area contributed by atoms with Crippen molar-refractivity contribution < 1.29 is 57.0 Å². The Morgan fingerprint density at radius 1 is 0.516 bits per heavy atom. The lowest BCUT2D eigenvalue weighted by atomic mass is 9.85. The molecule has 0 heterocycles. The third-order valence-electron chi connectivity index (χ3n) is 11.1. The van der Waals surface area contributed by atoms with Crippen LogP contribution in [0.25, 0.3) is 0 Å². The number of rotatable bonds is 24.